The van der Waals surface area contributed by atoms with Crippen molar-refractivity contribution in [3.63, 3.8) is 0 Å². The molecule has 3 heterocycles. The van der Waals surface area contributed by atoms with Crippen molar-refractivity contribution >= 4 is 0 Å². The number of rotatable bonds is 11. The highest BCUT2D eigenvalue weighted by atomic mass is 16.8. The number of unbranched alkanes of at least 4 members (excludes halogenated alkanes) is 6. The minimum atomic E-state index is -0.426. The van der Waals surface area contributed by atoms with Crippen LogP contribution in [0, 0.1) is 0 Å². The third-order valence-corrected chi connectivity index (χ3v) is 5.78. The molecule has 158 valence electrons. The lowest BCUT2D eigenvalue weighted by molar-refractivity contribution is -0.341. The monoisotopic (exact) mass is 386 g/mol. The van der Waals surface area contributed by atoms with Gasteiger partial charge in [-0.15, -0.1) is 0 Å². The molecule has 0 aromatic rings. The van der Waals surface area contributed by atoms with Gasteiger partial charge in [-0.05, 0) is 25.7 Å². The van der Waals surface area contributed by atoms with Crippen molar-refractivity contribution in [2.24, 2.45) is 0 Å². The molecule has 0 aliphatic carbocycles. The van der Waals surface area contributed by atoms with Crippen molar-refractivity contribution in [3.05, 3.63) is 0 Å². The molecule has 6 nitrogen and oxygen atoms in total. The summed E-state index contributed by atoms with van der Waals surface area (Å²) in [7, 11) is 1.65. The van der Waals surface area contributed by atoms with Gasteiger partial charge in [0.25, 0.3) is 0 Å². The third-order valence-electron chi connectivity index (χ3n) is 5.78. The molecule has 0 radical (unpaired) electrons. The summed E-state index contributed by atoms with van der Waals surface area (Å²) in [6.45, 7) is 4.97. The number of methoxy groups -OCH3 is 1. The molecule has 6 heteroatoms. The quantitative estimate of drug-likeness (QED) is 0.497. The van der Waals surface area contributed by atoms with E-state index in [0.29, 0.717) is 6.61 Å². The van der Waals surface area contributed by atoms with Gasteiger partial charge < -0.3 is 28.4 Å². The van der Waals surface area contributed by atoms with E-state index < -0.39 is 6.29 Å². The molecule has 27 heavy (non-hydrogen) atoms. The van der Waals surface area contributed by atoms with Gasteiger partial charge in [0.2, 0.25) is 0 Å². The number of fused-ring (bicyclic) bond motifs is 3. The largest absolute Gasteiger partial charge is 0.353 e. The lowest BCUT2D eigenvalue weighted by atomic mass is 9.98. The highest BCUT2D eigenvalue weighted by Crippen LogP contribution is 2.38. The van der Waals surface area contributed by atoms with E-state index in [1.165, 1.54) is 38.5 Å². The predicted molar refractivity (Wildman–Crippen MR) is 101 cm³/mol. The standard InChI is InChI=1S/C21H38O6/c1-4-6-8-10-12-16-23-14-15-18(25-16)19-20(21(22-3)24-15)27-17(26-19)13-11-9-7-5-2/h15-21H,4-14H2,1-3H3/t15-,16?,17?,18-,19+,20+,21+/m1/s1. The minimum absolute atomic E-state index is 0.146. The molecular weight excluding hydrogens is 348 g/mol. The molecule has 3 rings (SSSR count). The van der Waals surface area contributed by atoms with E-state index in [2.05, 4.69) is 13.8 Å². The van der Waals surface area contributed by atoms with Gasteiger partial charge in [-0.25, -0.2) is 0 Å². The van der Waals surface area contributed by atoms with Crippen molar-refractivity contribution in [1.29, 1.82) is 0 Å². The Labute approximate surface area is 164 Å². The molecule has 0 spiro atoms. The first kappa shape index (κ1) is 21.5. The van der Waals surface area contributed by atoms with Gasteiger partial charge in [0.15, 0.2) is 18.9 Å². The van der Waals surface area contributed by atoms with Crippen molar-refractivity contribution < 1.29 is 28.4 Å². The molecule has 3 fully saturated rings. The first-order valence-electron chi connectivity index (χ1n) is 11.0. The van der Waals surface area contributed by atoms with E-state index in [0.717, 1.165) is 25.7 Å². The Bertz CT molecular complexity index is 419. The third kappa shape index (κ3) is 5.64. The predicted octanol–water partition coefficient (Wildman–Crippen LogP) is 4.15. The van der Waals surface area contributed by atoms with Crippen molar-refractivity contribution in [2.75, 3.05) is 13.7 Å². The second-order valence-corrected chi connectivity index (χ2v) is 7.97. The van der Waals surface area contributed by atoms with Crippen LogP contribution in [0.2, 0.25) is 0 Å². The molecule has 0 aromatic heterocycles. The Morgan fingerprint density at radius 3 is 2.00 bits per heavy atom. The summed E-state index contributed by atoms with van der Waals surface area (Å²) in [5.41, 5.74) is 0. The van der Waals surface area contributed by atoms with Crippen LogP contribution in [0.1, 0.15) is 78.1 Å². The van der Waals surface area contributed by atoms with E-state index in [4.69, 9.17) is 28.4 Å². The van der Waals surface area contributed by atoms with Crippen molar-refractivity contribution in [2.45, 2.75) is 121 Å². The van der Waals surface area contributed by atoms with Crippen molar-refractivity contribution in [1.82, 2.24) is 0 Å². The average molecular weight is 387 g/mol. The summed E-state index contributed by atoms with van der Waals surface area (Å²) in [6, 6.07) is 0. The fourth-order valence-corrected chi connectivity index (χ4v) is 4.23. The second-order valence-electron chi connectivity index (χ2n) is 7.97. The Morgan fingerprint density at radius 1 is 0.704 bits per heavy atom. The summed E-state index contributed by atoms with van der Waals surface area (Å²) in [5, 5.41) is 0. The Morgan fingerprint density at radius 2 is 1.33 bits per heavy atom. The maximum absolute atomic E-state index is 6.28. The molecule has 0 saturated carbocycles. The van der Waals surface area contributed by atoms with E-state index in [9.17, 15) is 0 Å². The van der Waals surface area contributed by atoms with Gasteiger partial charge in [-0.1, -0.05) is 52.4 Å². The minimum Gasteiger partial charge on any atom is -0.353 e. The van der Waals surface area contributed by atoms with Crippen LogP contribution >= 0.6 is 0 Å². The van der Waals surface area contributed by atoms with Gasteiger partial charge in [0.05, 0.1) is 6.61 Å². The number of ether oxygens (including phenoxy) is 6. The van der Waals surface area contributed by atoms with E-state index >= 15 is 0 Å². The SMILES string of the molecule is CCCCCCC1O[C@@H]2[C@H](O1)[C@@H](OC)O[C@@H]1COC(CCCCCC)O[C@@H]21. The van der Waals surface area contributed by atoms with E-state index in [1.54, 1.807) is 7.11 Å². The van der Waals surface area contributed by atoms with Gasteiger partial charge in [0.1, 0.15) is 24.4 Å². The first-order valence-corrected chi connectivity index (χ1v) is 11.0. The smallest absolute Gasteiger partial charge is 0.186 e. The fraction of sp³-hybridized carbons (Fsp3) is 1.00. The van der Waals surface area contributed by atoms with Crippen LogP contribution in [0.3, 0.4) is 0 Å². The summed E-state index contributed by atoms with van der Waals surface area (Å²) >= 11 is 0. The van der Waals surface area contributed by atoms with Gasteiger partial charge in [0, 0.05) is 7.11 Å². The Kier molecular flexibility index (Phi) is 8.81. The van der Waals surface area contributed by atoms with Crippen LogP contribution in [0.4, 0.5) is 0 Å². The number of hydrogen-bond acceptors (Lipinski definition) is 6. The van der Waals surface area contributed by atoms with Crippen LogP contribution in [-0.2, 0) is 28.4 Å². The summed E-state index contributed by atoms with van der Waals surface area (Å²) in [6.07, 6.45) is 10.0. The van der Waals surface area contributed by atoms with Crippen LogP contribution in [0.5, 0.6) is 0 Å². The van der Waals surface area contributed by atoms with Crippen LogP contribution in [0.15, 0.2) is 0 Å². The summed E-state index contributed by atoms with van der Waals surface area (Å²) < 4.78 is 36.2. The molecule has 2 unspecified atom stereocenters. The molecule has 0 amide bonds. The molecule has 3 aliphatic rings. The second kappa shape index (κ2) is 11.1. The Balaban J connectivity index is 1.53. The van der Waals surface area contributed by atoms with Crippen LogP contribution < -0.4 is 0 Å². The highest BCUT2D eigenvalue weighted by molar-refractivity contribution is 4.97. The summed E-state index contributed by atoms with van der Waals surface area (Å²) in [4.78, 5) is 0. The Hall–Kier alpha value is -0.240. The molecule has 0 N–H and O–H groups in total. The lowest BCUT2D eigenvalue weighted by Crippen LogP contribution is -2.62. The maximum Gasteiger partial charge on any atom is 0.186 e. The molecule has 7 atom stereocenters. The van der Waals surface area contributed by atoms with Crippen molar-refractivity contribution in [3.8, 4) is 0 Å². The maximum atomic E-state index is 6.28. The van der Waals surface area contributed by atoms with E-state index in [1.807, 2.05) is 0 Å². The zero-order chi connectivity index (χ0) is 19.1. The fourth-order valence-electron chi connectivity index (χ4n) is 4.23. The first-order chi connectivity index (χ1) is 13.3. The summed E-state index contributed by atoms with van der Waals surface area (Å²) in [5.74, 6) is 0. The van der Waals surface area contributed by atoms with Gasteiger partial charge >= 0.3 is 0 Å². The number of hydrogen-bond donors (Lipinski definition) is 0. The van der Waals surface area contributed by atoms with E-state index in [-0.39, 0.29) is 37.0 Å². The zero-order valence-corrected chi connectivity index (χ0v) is 17.3. The molecular formula is C21H38O6. The molecule has 0 bridgehead atoms. The molecule has 3 saturated heterocycles. The normalized spacial score (nSPS) is 38.6. The molecule has 0 aromatic carbocycles. The molecule has 3 aliphatic heterocycles. The van der Waals surface area contributed by atoms with Gasteiger partial charge in [-0.2, -0.15) is 0 Å². The topological polar surface area (TPSA) is 55.4 Å². The van der Waals surface area contributed by atoms with Crippen LogP contribution in [-0.4, -0.2) is 57.0 Å². The average Bonchev–Trinajstić information content (AvgIpc) is 3.12. The van der Waals surface area contributed by atoms with Gasteiger partial charge in [-0.3, -0.25) is 0 Å². The highest BCUT2D eigenvalue weighted by Gasteiger charge is 2.55. The van der Waals surface area contributed by atoms with Crippen LogP contribution in [0.25, 0.3) is 0 Å². The zero-order valence-electron chi connectivity index (χ0n) is 17.3. The lowest BCUT2D eigenvalue weighted by Gasteiger charge is -2.45.